The normalized spacial score (nSPS) is 12.5. The summed E-state index contributed by atoms with van der Waals surface area (Å²) in [5, 5.41) is 15.6. The van der Waals surface area contributed by atoms with Crippen LogP contribution in [0.1, 0.15) is 36.7 Å². The molecule has 0 aliphatic rings. The largest absolute Gasteiger partial charge is 0.377 e. The third kappa shape index (κ3) is 3.69. The molecular formula is C26H28ClN7O. The summed E-state index contributed by atoms with van der Waals surface area (Å²) >= 11 is 6.28. The van der Waals surface area contributed by atoms with Crippen LogP contribution in [0.2, 0.25) is 5.15 Å². The van der Waals surface area contributed by atoms with Gasteiger partial charge in [0, 0.05) is 54.1 Å². The SMILES string of the molecule is CCn1ncc2c3c(C(C)Nc4ccc(Cl)nc4-c4cnn(C)c4C)cc(C)cc3c(=O)n(C)c21. The first kappa shape index (κ1) is 23.1. The van der Waals surface area contributed by atoms with E-state index in [2.05, 4.69) is 33.5 Å². The van der Waals surface area contributed by atoms with Crippen molar-refractivity contribution >= 4 is 39.1 Å². The number of rotatable bonds is 5. The van der Waals surface area contributed by atoms with Crippen LogP contribution >= 0.6 is 11.6 Å². The Balaban J connectivity index is 1.70. The van der Waals surface area contributed by atoms with Gasteiger partial charge in [0.1, 0.15) is 10.8 Å². The number of fused-ring (bicyclic) bond motifs is 3. The van der Waals surface area contributed by atoms with Gasteiger partial charge >= 0.3 is 0 Å². The van der Waals surface area contributed by atoms with Gasteiger partial charge in [-0.05, 0) is 57.0 Å². The molecule has 0 aliphatic carbocycles. The smallest absolute Gasteiger partial charge is 0.259 e. The minimum atomic E-state index is -0.128. The van der Waals surface area contributed by atoms with Gasteiger partial charge in [0.25, 0.3) is 5.56 Å². The molecule has 0 bridgehead atoms. The van der Waals surface area contributed by atoms with E-state index in [-0.39, 0.29) is 11.6 Å². The molecule has 5 aromatic rings. The Kier molecular flexibility index (Phi) is 5.63. The lowest BCUT2D eigenvalue weighted by Gasteiger charge is -2.21. The zero-order valence-electron chi connectivity index (χ0n) is 20.7. The molecule has 0 spiro atoms. The average Bonchev–Trinajstić information content (AvgIpc) is 3.41. The number of benzene rings is 1. The van der Waals surface area contributed by atoms with Crippen molar-refractivity contribution < 1.29 is 0 Å². The van der Waals surface area contributed by atoms with E-state index in [9.17, 15) is 4.79 Å². The van der Waals surface area contributed by atoms with E-state index >= 15 is 0 Å². The Hall–Kier alpha value is -3.65. The Morgan fingerprint density at radius 2 is 1.86 bits per heavy atom. The summed E-state index contributed by atoms with van der Waals surface area (Å²) in [6.45, 7) is 8.82. The number of anilines is 1. The van der Waals surface area contributed by atoms with Gasteiger partial charge in [0.2, 0.25) is 0 Å². The summed E-state index contributed by atoms with van der Waals surface area (Å²) < 4.78 is 5.38. The van der Waals surface area contributed by atoms with Crippen molar-refractivity contribution in [3.63, 3.8) is 0 Å². The highest BCUT2D eigenvalue weighted by molar-refractivity contribution is 6.29. The number of pyridine rings is 2. The van der Waals surface area contributed by atoms with Gasteiger partial charge in [-0.25, -0.2) is 9.67 Å². The maximum absolute atomic E-state index is 13.4. The molecule has 4 heterocycles. The van der Waals surface area contributed by atoms with Crippen LogP contribution in [0.3, 0.4) is 0 Å². The fourth-order valence-corrected chi connectivity index (χ4v) is 4.99. The highest BCUT2D eigenvalue weighted by Crippen LogP contribution is 2.35. The van der Waals surface area contributed by atoms with Crippen molar-refractivity contribution in [3.05, 3.63) is 69.0 Å². The number of hydrogen-bond acceptors (Lipinski definition) is 5. The molecule has 180 valence electrons. The van der Waals surface area contributed by atoms with E-state index < -0.39 is 0 Å². The minimum absolute atomic E-state index is 0.0281. The first-order valence-corrected chi connectivity index (χ1v) is 12.0. The van der Waals surface area contributed by atoms with Crippen molar-refractivity contribution in [2.24, 2.45) is 14.1 Å². The molecule has 0 saturated heterocycles. The van der Waals surface area contributed by atoms with E-state index in [1.165, 1.54) is 0 Å². The summed E-state index contributed by atoms with van der Waals surface area (Å²) in [6.07, 6.45) is 3.67. The van der Waals surface area contributed by atoms with E-state index in [1.54, 1.807) is 16.8 Å². The van der Waals surface area contributed by atoms with Crippen molar-refractivity contribution in [3.8, 4) is 11.3 Å². The zero-order valence-corrected chi connectivity index (χ0v) is 21.5. The van der Waals surface area contributed by atoms with Crippen LogP contribution in [-0.4, -0.2) is 29.1 Å². The van der Waals surface area contributed by atoms with Gasteiger partial charge in [-0.3, -0.25) is 14.0 Å². The summed E-state index contributed by atoms with van der Waals surface area (Å²) in [7, 11) is 3.71. The van der Waals surface area contributed by atoms with Crippen LogP contribution < -0.4 is 10.9 Å². The molecule has 1 unspecified atom stereocenters. The van der Waals surface area contributed by atoms with Crippen LogP contribution in [0, 0.1) is 13.8 Å². The molecule has 1 aromatic carbocycles. The minimum Gasteiger partial charge on any atom is -0.377 e. The molecule has 35 heavy (non-hydrogen) atoms. The van der Waals surface area contributed by atoms with Crippen molar-refractivity contribution in [2.75, 3.05) is 5.32 Å². The van der Waals surface area contributed by atoms with Gasteiger partial charge in [-0.1, -0.05) is 17.7 Å². The molecule has 9 heteroatoms. The molecule has 0 aliphatic heterocycles. The number of hydrogen-bond donors (Lipinski definition) is 1. The van der Waals surface area contributed by atoms with E-state index in [0.717, 1.165) is 50.2 Å². The molecule has 0 amide bonds. The second kappa shape index (κ2) is 8.53. The highest BCUT2D eigenvalue weighted by Gasteiger charge is 2.21. The van der Waals surface area contributed by atoms with E-state index in [0.29, 0.717) is 17.1 Å². The van der Waals surface area contributed by atoms with Crippen molar-refractivity contribution in [2.45, 2.75) is 40.3 Å². The summed E-state index contributed by atoms with van der Waals surface area (Å²) in [4.78, 5) is 18.0. The highest BCUT2D eigenvalue weighted by atomic mass is 35.5. The second-order valence-electron chi connectivity index (χ2n) is 9.00. The number of nitrogens with one attached hydrogen (secondary N) is 1. The van der Waals surface area contributed by atoms with Crippen molar-refractivity contribution in [1.82, 2.24) is 29.1 Å². The fraction of sp³-hybridized carbons (Fsp3) is 0.308. The Bertz CT molecular complexity index is 1660. The Morgan fingerprint density at radius 3 is 2.54 bits per heavy atom. The molecule has 1 atom stereocenters. The van der Waals surface area contributed by atoms with Gasteiger partial charge in [-0.15, -0.1) is 0 Å². The molecule has 5 rings (SSSR count). The number of nitrogens with zero attached hydrogens (tertiary/aromatic N) is 6. The van der Waals surface area contributed by atoms with E-state index in [1.807, 2.05) is 62.6 Å². The molecule has 8 nitrogen and oxygen atoms in total. The fourth-order valence-electron chi connectivity index (χ4n) is 4.84. The second-order valence-corrected chi connectivity index (χ2v) is 9.39. The Morgan fingerprint density at radius 1 is 1.09 bits per heavy atom. The van der Waals surface area contributed by atoms with Gasteiger partial charge in [0.15, 0.2) is 0 Å². The zero-order chi connectivity index (χ0) is 25.0. The van der Waals surface area contributed by atoms with E-state index in [4.69, 9.17) is 11.6 Å². The predicted octanol–water partition coefficient (Wildman–Crippen LogP) is 5.15. The lowest BCUT2D eigenvalue weighted by molar-refractivity contribution is 0.659. The third-order valence-corrected chi connectivity index (χ3v) is 6.95. The van der Waals surface area contributed by atoms with Crippen LogP contribution in [0.5, 0.6) is 0 Å². The van der Waals surface area contributed by atoms with Gasteiger partial charge < -0.3 is 5.32 Å². The number of aromatic nitrogens is 6. The van der Waals surface area contributed by atoms with Crippen LogP contribution in [0.25, 0.3) is 33.1 Å². The number of halogens is 1. The van der Waals surface area contributed by atoms with Crippen LogP contribution in [0.4, 0.5) is 5.69 Å². The summed E-state index contributed by atoms with van der Waals surface area (Å²) in [5.74, 6) is 0. The first-order valence-electron chi connectivity index (χ1n) is 11.6. The summed E-state index contributed by atoms with van der Waals surface area (Å²) in [5.41, 5.74) is 6.35. The molecule has 0 radical (unpaired) electrons. The van der Waals surface area contributed by atoms with Gasteiger partial charge in [-0.2, -0.15) is 10.2 Å². The topological polar surface area (TPSA) is 82.6 Å². The lowest BCUT2D eigenvalue weighted by Crippen LogP contribution is -2.20. The molecule has 0 saturated carbocycles. The lowest BCUT2D eigenvalue weighted by atomic mass is 9.95. The molecular weight excluding hydrogens is 462 g/mol. The molecule has 0 fully saturated rings. The number of aryl methyl sites for hydroxylation is 4. The monoisotopic (exact) mass is 489 g/mol. The maximum Gasteiger partial charge on any atom is 0.259 e. The van der Waals surface area contributed by atoms with Gasteiger partial charge in [0.05, 0.1) is 23.8 Å². The van der Waals surface area contributed by atoms with Crippen LogP contribution in [0.15, 0.2) is 41.5 Å². The predicted molar refractivity (Wildman–Crippen MR) is 141 cm³/mol. The quantitative estimate of drug-likeness (QED) is 0.345. The maximum atomic E-state index is 13.4. The average molecular weight is 490 g/mol. The molecule has 1 N–H and O–H groups in total. The van der Waals surface area contributed by atoms with Crippen LogP contribution in [-0.2, 0) is 20.6 Å². The molecule has 4 aromatic heterocycles. The third-order valence-electron chi connectivity index (χ3n) is 6.74. The Labute approximate surface area is 208 Å². The summed E-state index contributed by atoms with van der Waals surface area (Å²) in [6, 6.07) is 7.69. The standard InChI is InChI=1S/C26H28ClN7O/c1-7-34-25-20(13-29-34)23-17(10-14(2)11-18(23)26(35)32(25)5)15(3)30-21-8-9-22(27)31-24(21)19-12-28-33(6)16(19)4/h8-13,15,30H,7H2,1-6H3. The first-order chi connectivity index (χ1) is 16.7. The van der Waals surface area contributed by atoms with Crippen molar-refractivity contribution in [1.29, 1.82) is 0 Å².